The Morgan fingerprint density at radius 1 is 1.28 bits per heavy atom. The normalized spacial score (nSPS) is 16.7. The van der Waals surface area contributed by atoms with Crippen LogP contribution in [0.2, 0.25) is 0 Å². The van der Waals surface area contributed by atoms with Crippen LogP contribution in [0.25, 0.3) is 11.3 Å². The fourth-order valence-corrected chi connectivity index (χ4v) is 4.24. The summed E-state index contributed by atoms with van der Waals surface area (Å²) in [5.41, 5.74) is 1.59. The van der Waals surface area contributed by atoms with Crippen molar-refractivity contribution in [3.63, 3.8) is 0 Å². The summed E-state index contributed by atoms with van der Waals surface area (Å²) in [6, 6.07) is 6.08. The third-order valence-corrected chi connectivity index (χ3v) is 5.68. The first-order valence-electron chi connectivity index (χ1n) is 9.49. The topological polar surface area (TPSA) is 101 Å². The van der Waals surface area contributed by atoms with Crippen LogP contribution in [0.5, 0.6) is 0 Å². The summed E-state index contributed by atoms with van der Waals surface area (Å²) in [4.78, 5) is 46.5. The molecule has 0 radical (unpaired) electrons. The van der Waals surface area contributed by atoms with Crippen LogP contribution in [0.15, 0.2) is 44.6 Å². The van der Waals surface area contributed by atoms with E-state index in [0.29, 0.717) is 30.2 Å². The van der Waals surface area contributed by atoms with Crippen LogP contribution < -0.4 is 11.1 Å². The van der Waals surface area contributed by atoms with Crippen molar-refractivity contribution in [3.8, 4) is 11.3 Å². The first-order valence-corrected chi connectivity index (χ1v) is 10.4. The van der Waals surface area contributed by atoms with E-state index in [1.54, 1.807) is 17.9 Å². The van der Waals surface area contributed by atoms with E-state index in [1.165, 1.54) is 28.2 Å². The number of aryl methyl sites for hydroxylation is 1. The van der Waals surface area contributed by atoms with Gasteiger partial charge in [-0.3, -0.25) is 14.4 Å². The number of aromatic nitrogens is 4. The van der Waals surface area contributed by atoms with Gasteiger partial charge in [-0.1, -0.05) is 0 Å². The molecule has 29 heavy (non-hydrogen) atoms. The standard InChI is InChI=1S/C20H21N5O3S/c1-13-5-6-18(27)25(23-13)11-19(28)24-8-3-2-4-16(24)20-21-15(10-17(26)22-20)14-7-9-29-12-14/h5-7,9-10,12,16H,2-4,8,11H2,1H3,(H,21,22,26)/t16-/m0/s1. The molecule has 1 saturated heterocycles. The van der Waals surface area contributed by atoms with Crippen molar-refractivity contribution < 1.29 is 4.79 Å². The third kappa shape index (κ3) is 4.19. The molecule has 0 saturated carbocycles. The van der Waals surface area contributed by atoms with Gasteiger partial charge in [0.05, 0.1) is 17.4 Å². The number of nitrogens with zero attached hydrogens (tertiary/aromatic N) is 4. The van der Waals surface area contributed by atoms with Gasteiger partial charge in [0.15, 0.2) is 0 Å². The summed E-state index contributed by atoms with van der Waals surface area (Å²) < 4.78 is 1.18. The Hall–Kier alpha value is -3.07. The summed E-state index contributed by atoms with van der Waals surface area (Å²) in [7, 11) is 0. The molecular formula is C20H21N5O3S. The molecule has 0 bridgehead atoms. The minimum absolute atomic E-state index is 0.133. The fourth-order valence-electron chi connectivity index (χ4n) is 3.59. The summed E-state index contributed by atoms with van der Waals surface area (Å²) in [5, 5.41) is 8.02. The van der Waals surface area contributed by atoms with Gasteiger partial charge in [0.1, 0.15) is 12.4 Å². The van der Waals surface area contributed by atoms with Gasteiger partial charge >= 0.3 is 0 Å². The Morgan fingerprint density at radius 2 is 2.14 bits per heavy atom. The van der Waals surface area contributed by atoms with Crippen LogP contribution in [0.1, 0.15) is 36.8 Å². The first-order chi connectivity index (χ1) is 14.0. The van der Waals surface area contributed by atoms with Gasteiger partial charge in [-0.05, 0) is 43.7 Å². The number of piperidine rings is 1. The zero-order valence-electron chi connectivity index (χ0n) is 16.0. The molecule has 0 unspecified atom stereocenters. The Balaban J connectivity index is 1.64. The molecule has 8 nitrogen and oxygen atoms in total. The molecule has 1 atom stereocenters. The van der Waals surface area contributed by atoms with Crippen molar-refractivity contribution in [2.75, 3.05) is 6.54 Å². The molecule has 150 valence electrons. The number of hydrogen-bond donors (Lipinski definition) is 1. The first kappa shape index (κ1) is 19.3. The van der Waals surface area contributed by atoms with Crippen LogP contribution >= 0.6 is 11.3 Å². The number of carbonyl (C=O) groups excluding carboxylic acids is 1. The monoisotopic (exact) mass is 411 g/mol. The minimum Gasteiger partial charge on any atom is -0.331 e. The predicted molar refractivity (Wildman–Crippen MR) is 110 cm³/mol. The maximum Gasteiger partial charge on any atom is 0.267 e. The Bertz CT molecular complexity index is 1140. The smallest absolute Gasteiger partial charge is 0.267 e. The Kier molecular flexibility index (Phi) is 5.39. The van der Waals surface area contributed by atoms with Crippen molar-refractivity contribution >= 4 is 17.2 Å². The molecule has 1 amide bonds. The highest BCUT2D eigenvalue weighted by atomic mass is 32.1. The van der Waals surface area contributed by atoms with Crippen molar-refractivity contribution in [2.45, 2.75) is 38.8 Å². The van der Waals surface area contributed by atoms with Crippen molar-refractivity contribution in [1.82, 2.24) is 24.6 Å². The molecule has 1 fully saturated rings. The van der Waals surface area contributed by atoms with E-state index in [9.17, 15) is 14.4 Å². The lowest BCUT2D eigenvalue weighted by Gasteiger charge is -2.35. The van der Waals surface area contributed by atoms with Crippen LogP contribution in [0.4, 0.5) is 0 Å². The molecular weight excluding hydrogens is 390 g/mol. The SMILES string of the molecule is Cc1ccc(=O)n(CC(=O)N2CCCC[C@H]2c2nc(-c3ccsc3)cc(=O)[nH]2)n1. The molecule has 1 N–H and O–H groups in total. The zero-order valence-corrected chi connectivity index (χ0v) is 16.8. The highest BCUT2D eigenvalue weighted by molar-refractivity contribution is 7.08. The number of nitrogens with one attached hydrogen (secondary N) is 1. The van der Waals surface area contributed by atoms with Crippen LogP contribution in [-0.4, -0.2) is 37.1 Å². The average Bonchev–Trinajstić information content (AvgIpc) is 3.25. The quantitative estimate of drug-likeness (QED) is 0.709. The molecule has 0 aromatic carbocycles. The second-order valence-corrected chi connectivity index (χ2v) is 7.88. The van der Waals surface area contributed by atoms with Gasteiger partial charge in [-0.25, -0.2) is 9.67 Å². The average molecular weight is 411 g/mol. The summed E-state index contributed by atoms with van der Waals surface area (Å²) in [6.07, 6.45) is 2.51. The second kappa shape index (κ2) is 8.12. The number of carbonyl (C=O) groups is 1. The number of amides is 1. The van der Waals surface area contributed by atoms with Gasteiger partial charge in [-0.15, -0.1) is 0 Å². The van der Waals surface area contributed by atoms with Gasteiger partial charge in [-0.2, -0.15) is 16.4 Å². The number of hydrogen-bond acceptors (Lipinski definition) is 6. The number of thiophene rings is 1. The minimum atomic E-state index is -0.331. The summed E-state index contributed by atoms with van der Waals surface area (Å²) >= 11 is 1.53. The van der Waals surface area contributed by atoms with E-state index in [1.807, 2.05) is 16.8 Å². The molecule has 9 heteroatoms. The maximum atomic E-state index is 13.0. The fraction of sp³-hybridized carbons (Fsp3) is 0.350. The van der Waals surface area contributed by atoms with E-state index in [-0.39, 0.29) is 29.6 Å². The highest BCUT2D eigenvalue weighted by Crippen LogP contribution is 2.30. The molecule has 3 aromatic heterocycles. The summed E-state index contributed by atoms with van der Waals surface area (Å²) in [6.45, 7) is 2.19. The second-order valence-electron chi connectivity index (χ2n) is 7.10. The number of aromatic amines is 1. The van der Waals surface area contributed by atoms with Crippen LogP contribution in [-0.2, 0) is 11.3 Å². The molecule has 4 heterocycles. The molecule has 0 spiro atoms. The molecule has 1 aliphatic rings. The van der Waals surface area contributed by atoms with Gasteiger partial charge < -0.3 is 9.88 Å². The molecule has 3 aromatic rings. The number of H-pyrrole nitrogens is 1. The zero-order chi connectivity index (χ0) is 20.4. The Morgan fingerprint density at radius 3 is 2.93 bits per heavy atom. The van der Waals surface area contributed by atoms with E-state index in [4.69, 9.17) is 0 Å². The van der Waals surface area contributed by atoms with Crippen LogP contribution in [0.3, 0.4) is 0 Å². The molecule has 1 aliphatic heterocycles. The van der Waals surface area contributed by atoms with Gasteiger partial charge in [0, 0.05) is 29.6 Å². The molecule has 4 rings (SSSR count). The lowest BCUT2D eigenvalue weighted by atomic mass is 10.0. The highest BCUT2D eigenvalue weighted by Gasteiger charge is 2.30. The maximum absolute atomic E-state index is 13.0. The summed E-state index contributed by atoms with van der Waals surface area (Å²) in [5.74, 6) is 0.273. The number of likely N-dealkylation sites (tertiary alicyclic amines) is 1. The van der Waals surface area contributed by atoms with Crippen LogP contribution in [0, 0.1) is 6.92 Å². The number of rotatable bonds is 4. The Labute approximate surface area is 170 Å². The van der Waals surface area contributed by atoms with E-state index >= 15 is 0 Å². The van der Waals surface area contributed by atoms with E-state index in [0.717, 1.165) is 18.4 Å². The lowest BCUT2D eigenvalue weighted by molar-refractivity contribution is -0.136. The lowest BCUT2D eigenvalue weighted by Crippen LogP contribution is -2.43. The third-order valence-electron chi connectivity index (χ3n) is 5.00. The van der Waals surface area contributed by atoms with Crippen molar-refractivity contribution in [2.24, 2.45) is 0 Å². The predicted octanol–water partition coefficient (Wildman–Crippen LogP) is 2.12. The molecule has 0 aliphatic carbocycles. The van der Waals surface area contributed by atoms with Crippen molar-refractivity contribution in [3.05, 3.63) is 67.3 Å². The van der Waals surface area contributed by atoms with E-state index < -0.39 is 0 Å². The van der Waals surface area contributed by atoms with E-state index in [2.05, 4.69) is 15.1 Å². The largest absolute Gasteiger partial charge is 0.331 e. The van der Waals surface area contributed by atoms with Gasteiger partial charge in [0.25, 0.3) is 11.1 Å². The van der Waals surface area contributed by atoms with Gasteiger partial charge in [0.2, 0.25) is 5.91 Å². The van der Waals surface area contributed by atoms with Crippen molar-refractivity contribution in [1.29, 1.82) is 0 Å².